The normalized spacial score (nSPS) is 10.7. The van der Waals surface area contributed by atoms with E-state index in [1.807, 2.05) is 0 Å². The van der Waals surface area contributed by atoms with Gasteiger partial charge in [0, 0.05) is 23.4 Å². The van der Waals surface area contributed by atoms with Crippen molar-refractivity contribution in [2.24, 2.45) is 17.2 Å². The summed E-state index contributed by atoms with van der Waals surface area (Å²) in [5, 5.41) is 27.8. The first-order valence-electron chi connectivity index (χ1n) is 11.9. The maximum absolute atomic E-state index is 15.7. The summed E-state index contributed by atoms with van der Waals surface area (Å²) in [5.41, 5.74) is 16.9. The van der Waals surface area contributed by atoms with Crippen LogP contribution >= 0.6 is 0 Å². The zero-order valence-corrected chi connectivity index (χ0v) is 21.5. The van der Waals surface area contributed by atoms with Crippen LogP contribution in [0.15, 0.2) is 72.8 Å². The van der Waals surface area contributed by atoms with Crippen molar-refractivity contribution in [2.75, 3.05) is 5.32 Å². The number of phenols is 1. The third-order valence-corrected chi connectivity index (χ3v) is 5.30. The summed E-state index contributed by atoms with van der Waals surface area (Å²) in [7, 11) is 0. The van der Waals surface area contributed by atoms with Crippen LogP contribution in [-0.4, -0.2) is 27.8 Å². The highest BCUT2D eigenvalue weighted by atomic mass is 19.1. The van der Waals surface area contributed by atoms with Gasteiger partial charge >= 0.3 is 0 Å². The van der Waals surface area contributed by atoms with Gasteiger partial charge in [-0.25, -0.2) is 0 Å². The molecule has 1 heterocycles. The third kappa shape index (κ3) is 7.06. The topological polar surface area (TPSA) is 216 Å². The van der Waals surface area contributed by atoms with Crippen molar-refractivity contribution in [1.82, 2.24) is 4.98 Å². The van der Waals surface area contributed by atoms with Gasteiger partial charge in [0.25, 0.3) is 11.8 Å². The number of nitrogen functional groups attached to an aromatic ring is 1. The molecular weight excluding hydrogens is 552 g/mol. The predicted molar refractivity (Wildman–Crippen MR) is 150 cm³/mol. The van der Waals surface area contributed by atoms with Gasteiger partial charge in [-0.1, -0.05) is 18.2 Å². The summed E-state index contributed by atoms with van der Waals surface area (Å²) in [6.45, 7) is 0. The van der Waals surface area contributed by atoms with Crippen molar-refractivity contribution in [2.45, 2.75) is 0 Å². The molecule has 0 fully saturated rings. The number of anilines is 1. The molecule has 10 N–H and O–H groups in total. The molecule has 14 heteroatoms. The lowest BCUT2D eigenvalue weighted by molar-refractivity contribution is -0.113. The number of carbonyl (C=O) groups is 1. The minimum atomic E-state index is -1.39. The third-order valence-electron chi connectivity index (χ3n) is 5.30. The van der Waals surface area contributed by atoms with Crippen LogP contribution in [0.2, 0.25) is 0 Å². The van der Waals surface area contributed by atoms with Crippen molar-refractivity contribution in [1.29, 1.82) is 10.8 Å². The molecule has 42 heavy (non-hydrogen) atoms. The molecule has 0 radical (unpaired) electrons. The smallest absolute Gasteiger partial charge is 0.263 e. The number of primary amides is 1. The van der Waals surface area contributed by atoms with E-state index in [1.54, 1.807) is 12.1 Å². The van der Waals surface area contributed by atoms with E-state index in [0.717, 1.165) is 12.1 Å². The van der Waals surface area contributed by atoms with Crippen molar-refractivity contribution < 1.29 is 32.9 Å². The Bertz CT molecular complexity index is 1730. The van der Waals surface area contributed by atoms with Crippen molar-refractivity contribution in [3.63, 3.8) is 0 Å². The zero-order chi connectivity index (χ0) is 30.4. The number of pyridine rings is 1. The van der Waals surface area contributed by atoms with Crippen LogP contribution in [0.3, 0.4) is 0 Å². The number of nitrogens with two attached hydrogens (primary N) is 3. The van der Waals surface area contributed by atoms with Crippen LogP contribution in [0.4, 0.5) is 14.5 Å². The molecular formula is C28H23F2N7O5. The van der Waals surface area contributed by atoms with Crippen molar-refractivity contribution in [3.8, 4) is 40.5 Å². The predicted octanol–water partition coefficient (Wildman–Crippen LogP) is 4.53. The first kappa shape index (κ1) is 28.8. The number of amidine groups is 1. The van der Waals surface area contributed by atoms with Crippen molar-refractivity contribution >= 4 is 29.5 Å². The van der Waals surface area contributed by atoms with E-state index < -0.39 is 40.8 Å². The van der Waals surface area contributed by atoms with E-state index >= 15 is 8.78 Å². The SMILES string of the molecule is N=C(N)Nc1cccc(Oc2nc(Oc3cc(C(=N)N)ccc3O)c(F)c(Oc3cccc(C=CC(N)=O)c3)c2F)c1. The maximum atomic E-state index is 15.7. The monoisotopic (exact) mass is 575 g/mol. The molecule has 1 aromatic heterocycles. The number of carbonyl (C=O) groups excluding carboxylic acids is 1. The molecule has 0 atom stereocenters. The molecule has 4 aromatic rings. The molecule has 0 saturated carbocycles. The van der Waals surface area contributed by atoms with E-state index in [-0.39, 0.29) is 34.6 Å². The molecule has 214 valence electrons. The van der Waals surface area contributed by atoms with Crippen LogP contribution in [0.25, 0.3) is 6.08 Å². The molecule has 1 amide bonds. The van der Waals surface area contributed by atoms with Crippen LogP contribution in [0.1, 0.15) is 11.1 Å². The molecule has 12 nitrogen and oxygen atoms in total. The second-order valence-electron chi connectivity index (χ2n) is 8.46. The molecule has 0 unspecified atom stereocenters. The Hall–Kier alpha value is -6.18. The lowest BCUT2D eigenvalue weighted by Crippen LogP contribution is -2.20. The van der Waals surface area contributed by atoms with Crippen LogP contribution in [0.5, 0.6) is 40.5 Å². The van der Waals surface area contributed by atoms with E-state index in [4.69, 9.17) is 42.2 Å². The quantitative estimate of drug-likeness (QED) is 0.0802. The largest absolute Gasteiger partial charge is 0.504 e. The number of amides is 1. The van der Waals surface area contributed by atoms with Gasteiger partial charge < -0.3 is 41.8 Å². The molecule has 0 spiro atoms. The van der Waals surface area contributed by atoms with Gasteiger partial charge in [-0.15, -0.1) is 0 Å². The number of hydrogen-bond donors (Lipinski definition) is 7. The fourth-order valence-electron chi connectivity index (χ4n) is 3.46. The highest BCUT2D eigenvalue weighted by molar-refractivity contribution is 5.95. The van der Waals surface area contributed by atoms with Crippen LogP contribution < -0.4 is 36.7 Å². The first-order chi connectivity index (χ1) is 20.0. The van der Waals surface area contributed by atoms with Crippen LogP contribution in [-0.2, 0) is 4.79 Å². The Morgan fingerprint density at radius 1 is 0.881 bits per heavy atom. The lowest BCUT2D eigenvalue weighted by Gasteiger charge is -2.16. The molecule has 0 aliphatic heterocycles. The number of rotatable bonds is 10. The average Bonchev–Trinajstić information content (AvgIpc) is 2.93. The number of guanidine groups is 1. The van der Waals surface area contributed by atoms with E-state index in [9.17, 15) is 9.90 Å². The fourth-order valence-corrected chi connectivity index (χ4v) is 3.46. The number of hydrogen-bond acceptors (Lipinski definition) is 8. The van der Waals surface area contributed by atoms with Gasteiger partial charge in [0.2, 0.25) is 23.3 Å². The van der Waals surface area contributed by atoms with E-state index in [2.05, 4.69) is 10.3 Å². The highest BCUT2D eigenvalue weighted by Crippen LogP contribution is 2.41. The Kier molecular flexibility index (Phi) is 8.46. The maximum Gasteiger partial charge on any atom is 0.263 e. The first-order valence-corrected chi connectivity index (χ1v) is 11.9. The Labute approximate surface area is 237 Å². The van der Waals surface area contributed by atoms with Gasteiger partial charge in [0.05, 0.1) is 0 Å². The summed E-state index contributed by atoms with van der Waals surface area (Å²) in [6.07, 6.45) is 2.48. The fraction of sp³-hybridized carbons (Fsp3) is 0. The van der Waals surface area contributed by atoms with Gasteiger partial charge in [-0.2, -0.15) is 13.8 Å². The molecule has 0 aliphatic carbocycles. The molecule has 3 aromatic carbocycles. The minimum absolute atomic E-state index is 0.0242. The lowest BCUT2D eigenvalue weighted by atomic mass is 10.2. The standard InChI is InChI=1S/C28H23F2N7O5/c29-22-24(40-17-5-1-3-14(11-17)7-10-21(31)39)23(30)27(42-20-12-15(25(32)33)8-9-19(20)38)37-26(22)41-18-6-2-4-16(13-18)36-28(34)35/h1-13,38H,(H2,31,39)(H3,32,33)(H4,34,35,36). The van der Waals surface area contributed by atoms with Gasteiger partial charge in [-0.05, 0) is 54.1 Å². The van der Waals surface area contributed by atoms with E-state index in [1.165, 1.54) is 54.6 Å². The second kappa shape index (κ2) is 12.3. The minimum Gasteiger partial charge on any atom is -0.504 e. The van der Waals surface area contributed by atoms with E-state index in [0.29, 0.717) is 11.3 Å². The number of phenolic OH excluding ortho intramolecular Hbond substituents is 1. The summed E-state index contributed by atoms with van der Waals surface area (Å²) in [4.78, 5) is 14.9. The van der Waals surface area contributed by atoms with Gasteiger partial charge in [0.15, 0.2) is 17.5 Å². The van der Waals surface area contributed by atoms with Gasteiger partial charge in [-0.3, -0.25) is 15.6 Å². The Morgan fingerprint density at radius 3 is 2.21 bits per heavy atom. The average molecular weight is 576 g/mol. The van der Waals surface area contributed by atoms with Crippen LogP contribution in [0, 0.1) is 22.5 Å². The summed E-state index contributed by atoms with van der Waals surface area (Å²) in [6, 6.07) is 15.5. The number of nitrogens with zero attached hydrogens (tertiary/aromatic N) is 1. The molecule has 0 bridgehead atoms. The summed E-state index contributed by atoms with van der Waals surface area (Å²) < 4.78 is 48.0. The molecule has 4 rings (SSSR count). The molecule has 0 saturated heterocycles. The number of nitrogens with one attached hydrogen (secondary N) is 3. The highest BCUT2D eigenvalue weighted by Gasteiger charge is 2.27. The van der Waals surface area contributed by atoms with Gasteiger partial charge in [0.1, 0.15) is 17.3 Å². The summed E-state index contributed by atoms with van der Waals surface area (Å²) in [5.74, 6) is -7.53. The Balaban J connectivity index is 1.80. The number of benzene rings is 3. The molecule has 0 aliphatic rings. The number of ether oxygens (including phenoxy) is 3. The number of halogens is 2. The summed E-state index contributed by atoms with van der Waals surface area (Å²) >= 11 is 0. The second-order valence-corrected chi connectivity index (χ2v) is 8.46. The number of aromatic nitrogens is 1. The number of aromatic hydroxyl groups is 1. The van der Waals surface area contributed by atoms with Crippen molar-refractivity contribution in [3.05, 3.63) is 95.6 Å². The zero-order valence-electron chi connectivity index (χ0n) is 21.5. The Morgan fingerprint density at radius 2 is 1.55 bits per heavy atom.